The molecule has 0 aliphatic heterocycles. The molecule has 8 heteroatoms. The van der Waals surface area contributed by atoms with Crippen molar-refractivity contribution in [2.45, 2.75) is 26.4 Å². The van der Waals surface area contributed by atoms with Crippen LogP contribution in [0.4, 0.5) is 10.2 Å². The fourth-order valence-corrected chi connectivity index (χ4v) is 2.42. The summed E-state index contributed by atoms with van der Waals surface area (Å²) in [6, 6.07) is 6.02. The van der Waals surface area contributed by atoms with Gasteiger partial charge in [0.2, 0.25) is 6.41 Å². The smallest absolute Gasteiger partial charge is 0.212 e. The lowest BCUT2D eigenvalue weighted by Gasteiger charge is -2.21. The number of benzene rings is 1. The van der Waals surface area contributed by atoms with Crippen molar-refractivity contribution >= 4 is 12.2 Å². The topological polar surface area (TPSA) is 81.9 Å². The Bertz CT molecular complexity index is 919. The Morgan fingerprint density at radius 3 is 2.65 bits per heavy atom. The quantitative estimate of drug-likeness (QED) is 0.711. The van der Waals surface area contributed by atoms with Crippen molar-refractivity contribution in [3.63, 3.8) is 0 Å². The molecular weight excluding hydrogens is 337 g/mol. The van der Waals surface area contributed by atoms with Gasteiger partial charge in [-0.3, -0.25) is 9.78 Å². The summed E-state index contributed by atoms with van der Waals surface area (Å²) in [5.74, 6) is 0.690. The molecule has 0 aliphatic carbocycles. The molecule has 26 heavy (non-hydrogen) atoms. The average Bonchev–Trinajstić information content (AvgIpc) is 2.98. The molecule has 0 saturated carbocycles. The second-order valence-corrected chi connectivity index (χ2v) is 6.54. The second-order valence-electron chi connectivity index (χ2n) is 6.54. The summed E-state index contributed by atoms with van der Waals surface area (Å²) in [4.78, 5) is 19.0. The van der Waals surface area contributed by atoms with Crippen molar-refractivity contribution < 1.29 is 13.9 Å². The zero-order valence-electron chi connectivity index (χ0n) is 14.6. The van der Waals surface area contributed by atoms with Crippen molar-refractivity contribution in [1.29, 1.82) is 0 Å². The highest BCUT2D eigenvalue weighted by Gasteiger charge is 2.17. The number of ether oxygens (including phenoxy) is 1. The summed E-state index contributed by atoms with van der Waals surface area (Å²) in [5, 5.41) is 6.78. The maximum atomic E-state index is 14.2. The van der Waals surface area contributed by atoms with Gasteiger partial charge in [0.1, 0.15) is 17.2 Å². The lowest BCUT2D eigenvalue weighted by atomic mass is 10.1. The third-order valence-electron chi connectivity index (χ3n) is 3.27. The van der Waals surface area contributed by atoms with Crippen molar-refractivity contribution in [3.05, 3.63) is 48.7 Å². The van der Waals surface area contributed by atoms with Crippen LogP contribution in [-0.2, 0) is 4.79 Å². The fraction of sp³-hybridized carbons (Fsp3) is 0.222. The summed E-state index contributed by atoms with van der Waals surface area (Å²) >= 11 is 0. The Kier molecular flexibility index (Phi) is 4.66. The van der Waals surface area contributed by atoms with Gasteiger partial charge in [0.15, 0.2) is 11.6 Å². The van der Waals surface area contributed by atoms with Gasteiger partial charge in [0.25, 0.3) is 0 Å². The molecule has 0 spiro atoms. The standard InChI is InChI=1S/C18H18FN5O2/c1-18(2,3)26-14-7-12(6-13(19)8-14)15-9-16(22-11-25)23-24(15)17-10-20-4-5-21-17/h4-11H,1-3H3,(H,22,23,25). The number of anilines is 1. The molecule has 3 rings (SSSR count). The monoisotopic (exact) mass is 355 g/mol. The van der Waals surface area contributed by atoms with E-state index in [1.165, 1.54) is 35.4 Å². The number of rotatable bonds is 5. The van der Waals surface area contributed by atoms with Crippen LogP contribution in [0.5, 0.6) is 5.75 Å². The first-order valence-electron chi connectivity index (χ1n) is 7.92. The average molecular weight is 355 g/mol. The van der Waals surface area contributed by atoms with Crippen LogP contribution in [0, 0.1) is 5.82 Å². The van der Waals surface area contributed by atoms with Crippen LogP contribution >= 0.6 is 0 Å². The van der Waals surface area contributed by atoms with Gasteiger partial charge >= 0.3 is 0 Å². The summed E-state index contributed by atoms with van der Waals surface area (Å²) in [6.45, 7) is 5.65. The van der Waals surface area contributed by atoms with Gasteiger partial charge < -0.3 is 10.1 Å². The number of amides is 1. The van der Waals surface area contributed by atoms with E-state index in [1.807, 2.05) is 20.8 Å². The molecule has 0 aliphatic rings. The van der Waals surface area contributed by atoms with E-state index in [2.05, 4.69) is 20.4 Å². The summed E-state index contributed by atoms with van der Waals surface area (Å²) < 4.78 is 21.4. The third kappa shape index (κ3) is 4.02. The predicted octanol–water partition coefficient (Wildman–Crippen LogP) is 3.21. The highest BCUT2D eigenvalue weighted by Crippen LogP contribution is 2.30. The number of carbonyl (C=O) groups is 1. The minimum absolute atomic E-state index is 0.309. The molecule has 0 bridgehead atoms. The Balaban J connectivity index is 2.12. The number of aromatic nitrogens is 4. The van der Waals surface area contributed by atoms with Gasteiger partial charge in [-0.2, -0.15) is 0 Å². The molecule has 1 N–H and O–H groups in total. The van der Waals surface area contributed by atoms with Gasteiger partial charge in [0.05, 0.1) is 11.9 Å². The van der Waals surface area contributed by atoms with Crippen LogP contribution < -0.4 is 10.1 Å². The summed E-state index contributed by atoms with van der Waals surface area (Å²) in [7, 11) is 0. The van der Waals surface area contributed by atoms with E-state index in [1.54, 1.807) is 12.1 Å². The molecule has 0 unspecified atom stereocenters. The third-order valence-corrected chi connectivity index (χ3v) is 3.27. The van der Waals surface area contributed by atoms with E-state index in [4.69, 9.17) is 4.74 Å². The SMILES string of the molecule is CC(C)(C)Oc1cc(F)cc(-c2cc(NC=O)nn2-c2cnccn2)c1. The van der Waals surface area contributed by atoms with Gasteiger partial charge in [-0.15, -0.1) is 5.10 Å². The number of hydrogen-bond acceptors (Lipinski definition) is 5. The lowest BCUT2D eigenvalue weighted by molar-refractivity contribution is -0.105. The van der Waals surface area contributed by atoms with E-state index < -0.39 is 11.4 Å². The first-order valence-corrected chi connectivity index (χ1v) is 7.92. The Morgan fingerprint density at radius 2 is 2.00 bits per heavy atom. The lowest BCUT2D eigenvalue weighted by Crippen LogP contribution is -2.23. The second kappa shape index (κ2) is 6.91. The molecule has 7 nitrogen and oxygen atoms in total. The maximum Gasteiger partial charge on any atom is 0.212 e. The van der Waals surface area contributed by atoms with Gasteiger partial charge in [-0.05, 0) is 32.9 Å². The van der Waals surface area contributed by atoms with Crippen LogP contribution in [0.15, 0.2) is 42.9 Å². The molecule has 0 saturated heterocycles. The van der Waals surface area contributed by atoms with Crippen molar-refractivity contribution in [2.75, 3.05) is 5.32 Å². The molecule has 134 valence electrons. The summed E-state index contributed by atoms with van der Waals surface area (Å²) in [5.41, 5.74) is 0.593. The van der Waals surface area contributed by atoms with Crippen molar-refractivity contribution in [2.24, 2.45) is 0 Å². The first kappa shape index (κ1) is 17.5. The molecule has 2 heterocycles. The van der Waals surface area contributed by atoms with Crippen LogP contribution in [0.25, 0.3) is 17.1 Å². The van der Waals surface area contributed by atoms with Gasteiger partial charge in [0, 0.05) is 30.1 Å². The van der Waals surface area contributed by atoms with E-state index in [0.717, 1.165) is 0 Å². The Morgan fingerprint density at radius 1 is 1.19 bits per heavy atom. The molecule has 3 aromatic rings. The molecule has 1 aromatic carbocycles. The largest absolute Gasteiger partial charge is 0.488 e. The number of nitrogens with zero attached hydrogens (tertiary/aromatic N) is 4. The number of hydrogen-bond donors (Lipinski definition) is 1. The fourth-order valence-electron chi connectivity index (χ4n) is 2.42. The van der Waals surface area contributed by atoms with Crippen molar-refractivity contribution in [3.8, 4) is 22.8 Å². The first-order chi connectivity index (χ1) is 12.4. The van der Waals surface area contributed by atoms with Crippen LogP contribution in [0.2, 0.25) is 0 Å². The minimum atomic E-state index is -0.472. The van der Waals surface area contributed by atoms with E-state index in [-0.39, 0.29) is 0 Å². The molecule has 2 aromatic heterocycles. The normalized spacial score (nSPS) is 11.2. The zero-order valence-corrected chi connectivity index (χ0v) is 14.6. The highest BCUT2D eigenvalue weighted by molar-refractivity contribution is 5.74. The molecule has 0 radical (unpaired) electrons. The summed E-state index contributed by atoms with van der Waals surface area (Å²) in [6.07, 6.45) is 5.10. The number of carbonyl (C=O) groups excluding carboxylic acids is 1. The van der Waals surface area contributed by atoms with E-state index in [9.17, 15) is 9.18 Å². The van der Waals surface area contributed by atoms with Crippen LogP contribution in [-0.4, -0.2) is 31.8 Å². The molecule has 1 amide bonds. The molecular formula is C18H18FN5O2. The van der Waals surface area contributed by atoms with Crippen LogP contribution in [0.3, 0.4) is 0 Å². The van der Waals surface area contributed by atoms with Gasteiger partial charge in [-0.25, -0.2) is 14.1 Å². The highest BCUT2D eigenvalue weighted by atomic mass is 19.1. The maximum absolute atomic E-state index is 14.2. The Labute approximate surface area is 149 Å². The molecule has 0 fully saturated rings. The van der Waals surface area contributed by atoms with E-state index in [0.29, 0.717) is 35.1 Å². The van der Waals surface area contributed by atoms with Crippen molar-refractivity contribution in [1.82, 2.24) is 19.7 Å². The Hall–Kier alpha value is -3.29. The number of nitrogens with one attached hydrogen (secondary N) is 1. The van der Waals surface area contributed by atoms with Gasteiger partial charge in [-0.1, -0.05) is 0 Å². The zero-order chi connectivity index (χ0) is 18.7. The molecule has 0 atom stereocenters. The van der Waals surface area contributed by atoms with E-state index >= 15 is 0 Å². The van der Waals surface area contributed by atoms with Crippen LogP contribution in [0.1, 0.15) is 20.8 Å². The number of halogens is 1. The minimum Gasteiger partial charge on any atom is -0.488 e. The predicted molar refractivity (Wildman–Crippen MR) is 94.6 cm³/mol.